The monoisotopic (exact) mass is 309 g/mol. The molecule has 1 heterocycles. The van der Waals surface area contributed by atoms with Gasteiger partial charge in [0.05, 0.1) is 13.2 Å². The molecule has 2 rings (SSSR count). The van der Waals surface area contributed by atoms with E-state index in [4.69, 9.17) is 14.2 Å². The first-order valence-corrected chi connectivity index (χ1v) is 7.28. The molecular formula is C15H23N3O4. The Labute approximate surface area is 130 Å². The molecular weight excluding hydrogens is 286 g/mol. The quantitative estimate of drug-likeness (QED) is 0.695. The highest BCUT2D eigenvalue weighted by Gasteiger charge is 2.13. The zero-order valence-corrected chi connectivity index (χ0v) is 13.1. The Morgan fingerprint density at radius 3 is 2.86 bits per heavy atom. The summed E-state index contributed by atoms with van der Waals surface area (Å²) in [5.74, 6) is 1.46. The molecule has 1 aliphatic rings. The highest BCUT2D eigenvalue weighted by Crippen LogP contribution is 2.32. The van der Waals surface area contributed by atoms with Gasteiger partial charge in [-0.1, -0.05) is 6.07 Å². The molecule has 1 aromatic rings. The number of urea groups is 1. The number of nitrogens with zero attached hydrogens (tertiary/aromatic N) is 1. The standard InChI is InChI=1S/C15H23N3O4/c1-18(2)6-8-20-7-5-16-15(19)17-10-12-3-4-13-14(9-12)22-11-21-13/h3-4,9H,5-8,10-11H2,1-2H3,(H2,16,17,19). The maximum atomic E-state index is 11.6. The second-order valence-corrected chi connectivity index (χ2v) is 5.21. The van der Waals surface area contributed by atoms with Crippen LogP contribution in [0.2, 0.25) is 0 Å². The summed E-state index contributed by atoms with van der Waals surface area (Å²) in [7, 11) is 3.98. The number of benzene rings is 1. The third-order valence-corrected chi connectivity index (χ3v) is 3.10. The molecule has 0 saturated carbocycles. The molecule has 1 aromatic carbocycles. The lowest BCUT2D eigenvalue weighted by atomic mass is 10.2. The molecule has 0 aliphatic carbocycles. The van der Waals surface area contributed by atoms with Crippen molar-refractivity contribution in [3.63, 3.8) is 0 Å². The smallest absolute Gasteiger partial charge is 0.315 e. The summed E-state index contributed by atoms with van der Waals surface area (Å²) >= 11 is 0. The van der Waals surface area contributed by atoms with Crippen molar-refractivity contribution in [3.8, 4) is 11.5 Å². The van der Waals surface area contributed by atoms with Crippen LogP contribution in [0.15, 0.2) is 18.2 Å². The molecule has 0 spiro atoms. The predicted octanol–water partition coefficient (Wildman–Crippen LogP) is 0.793. The number of amides is 2. The Morgan fingerprint density at radius 1 is 1.23 bits per heavy atom. The van der Waals surface area contributed by atoms with Gasteiger partial charge in [0.1, 0.15) is 0 Å². The zero-order chi connectivity index (χ0) is 15.8. The lowest BCUT2D eigenvalue weighted by Crippen LogP contribution is -2.37. The summed E-state index contributed by atoms with van der Waals surface area (Å²) in [5.41, 5.74) is 0.960. The van der Waals surface area contributed by atoms with Gasteiger partial charge in [-0.2, -0.15) is 0 Å². The number of carbonyl (C=O) groups is 1. The van der Waals surface area contributed by atoms with Crippen LogP contribution in [0.1, 0.15) is 5.56 Å². The van der Waals surface area contributed by atoms with Crippen molar-refractivity contribution in [2.24, 2.45) is 0 Å². The maximum Gasteiger partial charge on any atom is 0.315 e. The molecule has 0 unspecified atom stereocenters. The Balaban J connectivity index is 1.58. The van der Waals surface area contributed by atoms with Gasteiger partial charge >= 0.3 is 6.03 Å². The van der Waals surface area contributed by atoms with E-state index >= 15 is 0 Å². The number of hydrogen-bond donors (Lipinski definition) is 2. The van der Waals surface area contributed by atoms with Crippen molar-refractivity contribution < 1.29 is 19.0 Å². The first kappa shape index (κ1) is 16.4. The van der Waals surface area contributed by atoms with Gasteiger partial charge in [-0.25, -0.2) is 4.79 Å². The Kier molecular flexibility index (Phi) is 6.29. The fourth-order valence-corrected chi connectivity index (χ4v) is 1.88. The van der Waals surface area contributed by atoms with E-state index in [0.29, 0.717) is 32.1 Å². The van der Waals surface area contributed by atoms with Crippen molar-refractivity contribution >= 4 is 6.03 Å². The second kappa shape index (κ2) is 8.45. The average Bonchev–Trinajstić information content (AvgIpc) is 2.96. The van der Waals surface area contributed by atoms with Crippen molar-refractivity contribution in [1.29, 1.82) is 0 Å². The molecule has 0 fully saturated rings. The number of rotatable bonds is 8. The van der Waals surface area contributed by atoms with Gasteiger partial charge in [-0.3, -0.25) is 0 Å². The molecule has 2 amide bonds. The van der Waals surface area contributed by atoms with Crippen molar-refractivity contribution in [2.45, 2.75) is 6.54 Å². The summed E-state index contributed by atoms with van der Waals surface area (Å²) in [6.07, 6.45) is 0. The van der Waals surface area contributed by atoms with Gasteiger partial charge < -0.3 is 29.7 Å². The Bertz CT molecular complexity index is 494. The summed E-state index contributed by atoms with van der Waals surface area (Å²) in [4.78, 5) is 13.7. The third kappa shape index (κ3) is 5.42. The average molecular weight is 309 g/mol. The van der Waals surface area contributed by atoms with Crippen LogP contribution >= 0.6 is 0 Å². The van der Waals surface area contributed by atoms with Gasteiger partial charge in [-0.05, 0) is 31.8 Å². The molecule has 22 heavy (non-hydrogen) atoms. The van der Waals surface area contributed by atoms with Crippen LogP contribution in [-0.4, -0.2) is 58.1 Å². The molecule has 7 heteroatoms. The summed E-state index contributed by atoms with van der Waals surface area (Å²) in [6, 6.07) is 5.40. The van der Waals surface area contributed by atoms with Crippen molar-refractivity contribution in [3.05, 3.63) is 23.8 Å². The Morgan fingerprint density at radius 2 is 2.05 bits per heavy atom. The van der Waals surface area contributed by atoms with E-state index in [1.807, 2.05) is 37.2 Å². The summed E-state index contributed by atoms with van der Waals surface area (Å²) in [5, 5.41) is 5.54. The highest BCUT2D eigenvalue weighted by atomic mass is 16.7. The minimum atomic E-state index is -0.214. The van der Waals surface area contributed by atoms with E-state index in [-0.39, 0.29) is 12.8 Å². The second-order valence-electron chi connectivity index (χ2n) is 5.21. The number of likely N-dealkylation sites (N-methyl/N-ethyl adjacent to an activating group) is 1. The van der Waals surface area contributed by atoms with Crippen LogP contribution in [0.5, 0.6) is 11.5 Å². The third-order valence-electron chi connectivity index (χ3n) is 3.10. The van der Waals surface area contributed by atoms with Crippen LogP contribution in [0.25, 0.3) is 0 Å². The predicted molar refractivity (Wildman–Crippen MR) is 82.2 cm³/mol. The number of hydrogen-bond acceptors (Lipinski definition) is 5. The Hall–Kier alpha value is -1.99. The zero-order valence-electron chi connectivity index (χ0n) is 13.1. The molecule has 7 nitrogen and oxygen atoms in total. The van der Waals surface area contributed by atoms with Crippen LogP contribution in [0.4, 0.5) is 4.79 Å². The number of nitrogens with one attached hydrogen (secondary N) is 2. The number of carbonyl (C=O) groups excluding carboxylic acids is 1. The van der Waals surface area contributed by atoms with E-state index in [9.17, 15) is 4.79 Å². The summed E-state index contributed by atoms with van der Waals surface area (Å²) < 4.78 is 15.9. The maximum absolute atomic E-state index is 11.6. The fourth-order valence-electron chi connectivity index (χ4n) is 1.88. The molecule has 0 atom stereocenters. The van der Waals surface area contributed by atoms with E-state index in [1.54, 1.807) is 0 Å². The van der Waals surface area contributed by atoms with Gasteiger partial charge in [-0.15, -0.1) is 0 Å². The molecule has 1 aliphatic heterocycles. The van der Waals surface area contributed by atoms with E-state index in [1.165, 1.54) is 0 Å². The highest BCUT2D eigenvalue weighted by molar-refractivity contribution is 5.73. The topological polar surface area (TPSA) is 72.1 Å². The summed E-state index contributed by atoms with van der Waals surface area (Å²) in [6.45, 7) is 3.21. The molecule has 0 saturated heterocycles. The lowest BCUT2D eigenvalue weighted by molar-refractivity contribution is 0.120. The van der Waals surface area contributed by atoms with E-state index in [2.05, 4.69) is 10.6 Å². The normalized spacial score (nSPS) is 12.5. The molecule has 2 N–H and O–H groups in total. The molecule has 0 radical (unpaired) electrons. The van der Waals surface area contributed by atoms with Gasteiger partial charge in [0, 0.05) is 19.6 Å². The van der Waals surface area contributed by atoms with Crippen LogP contribution in [0, 0.1) is 0 Å². The van der Waals surface area contributed by atoms with Crippen LogP contribution in [0.3, 0.4) is 0 Å². The molecule has 122 valence electrons. The van der Waals surface area contributed by atoms with Crippen LogP contribution < -0.4 is 20.1 Å². The van der Waals surface area contributed by atoms with Crippen molar-refractivity contribution in [2.75, 3.05) is 47.2 Å². The van der Waals surface area contributed by atoms with E-state index < -0.39 is 0 Å². The van der Waals surface area contributed by atoms with Crippen molar-refractivity contribution in [1.82, 2.24) is 15.5 Å². The fraction of sp³-hybridized carbons (Fsp3) is 0.533. The minimum Gasteiger partial charge on any atom is -0.454 e. The largest absolute Gasteiger partial charge is 0.454 e. The van der Waals surface area contributed by atoms with Gasteiger partial charge in [0.15, 0.2) is 11.5 Å². The SMILES string of the molecule is CN(C)CCOCCNC(=O)NCc1ccc2c(c1)OCO2. The minimum absolute atomic E-state index is 0.214. The van der Waals surface area contributed by atoms with Crippen LogP contribution in [-0.2, 0) is 11.3 Å². The number of fused-ring (bicyclic) bond motifs is 1. The van der Waals surface area contributed by atoms with Gasteiger partial charge in [0.25, 0.3) is 0 Å². The first-order chi connectivity index (χ1) is 10.6. The molecule has 0 aromatic heterocycles. The van der Waals surface area contributed by atoms with E-state index in [0.717, 1.165) is 17.9 Å². The number of ether oxygens (including phenoxy) is 3. The van der Waals surface area contributed by atoms with Gasteiger partial charge in [0.2, 0.25) is 6.79 Å². The molecule has 0 bridgehead atoms. The lowest BCUT2D eigenvalue weighted by Gasteiger charge is -2.11. The first-order valence-electron chi connectivity index (χ1n) is 7.28.